The van der Waals surface area contributed by atoms with Crippen LogP contribution in [0.4, 0.5) is 0 Å². The molecule has 0 radical (unpaired) electrons. The monoisotopic (exact) mass is 223 g/mol. The Balaban J connectivity index is 2.98. The van der Waals surface area contributed by atoms with Gasteiger partial charge in [0.1, 0.15) is 0 Å². The zero-order valence-electron chi connectivity index (χ0n) is 9.70. The fourth-order valence-electron chi connectivity index (χ4n) is 1.22. The van der Waals surface area contributed by atoms with Gasteiger partial charge in [-0.15, -0.1) is 0 Å². The van der Waals surface area contributed by atoms with Gasteiger partial charge in [-0.2, -0.15) is 11.8 Å². The van der Waals surface area contributed by atoms with Crippen molar-refractivity contribution in [3.05, 3.63) is 29.6 Å². The maximum absolute atomic E-state index is 11.7. The molecule has 0 spiro atoms. The Labute approximate surface area is 95.5 Å². The number of Topliss-reactive ketones (excluding diaryl/α,β-unsaturated/α-hetero) is 1. The van der Waals surface area contributed by atoms with Gasteiger partial charge in [0, 0.05) is 18.0 Å². The molecule has 0 aliphatic heterocycles. The number of aromatic nitrogens is 1. The van der Waals surface area contributed by atoms with Gasteiger partial charge >= 0.3 is 0 Å². The summed E-state index contributed by atoms with van der Waals surface area (Å²) in [6.45, 7) is 6.35. The minimum Gasteiger partial charge on any atom is -0.293 e. The summed E-state index contributed by atoms with van der Waals surface area (Å²) >= 11 is 1.54. The molecule has 0 aliphatic carbocycles. The smallest absolute Gasteiger partial charge is 0.174 e. The third kappa shape index (κ3) is 3.34. The average Bonchev–Trinajstić information content (AvgIpc) is 2.17. The second kappa shape index (κ2) is 4.79. The van der Waals surface area contributed by atoms with Crippen LogP contribution in [0, 0.1) is 0 Å². The number of hydrogen-bond donors (Lipinski definition) is 0. The van der Waals surface area contributed by atoms with Gasteiger partial charge in [0.2, 0.25) is 0 Å². The molecular formula is C12H17NOS. The molecule has 1 rings (SSSR count). The van der Waals surface area contributed by atoms with Crippen molar-refractivity contribution in [2.24, 2.45) is 0 Å². The summed E-state index contributed by atoms with van der Waals surface area (Å²) < 4.78 is 0. The number of carbonyl (C=O) groups excluding carboxylic acids is 1. The number of rotatable bonds is 3. The van der Waals surface area contributed by atoms with Gasteiger partial charge in [0.15, 0.2) is 5.78 Å². The van der Waals surface area contributed by atoms with E-state index in [0.29, 0.717) is 5.75 Å². The van der Waals surface area contributed by atoms with Crippen LogP contribution in [0.15, 0.2) is 18.5 Å². The topological polar surface area (TPSA) is 30.0 Å². The fourth-order valence-corrected chi connectivity index (χ4v) is 1.65. The van der Waals surface area contributed by atoms with Crippen molar-refractivity contribution in [3.8, 4) is 0 Å². The predicted molar refractivity (Wildman–Crippen MR) is 65.6 cm³/mol. The lowest BCUT2D eigenvalue weighted by molar-refractivity contribution is 0.102. The molecule has 0 N–H and O–H groups in total. The first-order valence-corrected chi connectivity index (χ1v) is 6.32. The molecule has 2 nitrogen and oxygen atoms in total. The summed E-state index contributed by atoms with van der Waals surface area (Å²) in [4.78, 5) is 15.8. The Morgan fingerprint density at radius 3 is 2.60 bits per heavy atom. The van der Waals surface area contributed by atoms with E-state index in [0.717, 1.165) is 11.1 Å². The first-order chi connectivity index (χ1) is 6.95. The van der Waals surface area contributed by atoms with E-state index in [-0.39, 0.29) is 11.2 Å². The van der Waals surface area contributed by atoms with Gasteiger partial charge in [-0.3, -0.25) is 9.78 Å². The zero-order valence-corrected chi connectivity index (χ0v) is 10.5. The molecule has 0 amide bonds. The van der Waals surface area contributed by atoms with Crippen LogP contribution in [0.5, 0.6) is 0 Å². The summed E-state index contributed by atoms with van der Waals surface area (Å²) in [6.07, 6.45) is 5.41. The molecule has 3 heteroatoms. The fraction of sp³-hybridized carbons (Fsp3) is 0.500. The van der Waals surface area contributed by atoms with E-state index >= 15 is 0 Å². The summed E-state index contributed by atoms with van der Waals surface area (Å²) in [5, 5.41) is 0. The first kappa shape index (κ1) is 12.2. The van der Waals surface area contributed by atoms with Crippen molar-refractivity contribution >= 4 is 17.5 Å². The standard InChI is InChI=1S/C12H17NOS/c1-12(2,3)10-5-9(6-13-7-10)11(14)8-15-4/h5-7H,8H2,1-4H3. The lowest BCUT2D eigenvalue weighted by Gasteiger charge is -2.18. The highest BCUT2D eigenvalue weighted by molar-refractivity contribution is 7.99. The second-order valence-electron chi connectivity index (χ2n) is 4.57. The van der Waals surface area contributed by atoms with E-state index in [1.54, 1.807) is 18.0 Å². The Morgan fingerprint density at radius 1 is 1.40 bits per heavy atom. The van der Waals surface area contributed by atoms with Gasteiger partial charge in [-0.1, -0.05) is 20.8 Å². The Morgan fingerprint density at radius 2 is 2.07 bits per heavy atom. The van der Waals surface area contributed by atoms with Crippen LogP contribution in [0.25, 0.3) is 0 Å². The number of pyridine rings is 1. The van der Waals surface area contributed by atoms with Crippen LogP contribution in [0.2, 0.25) is 0 Å². The van der Waals surface area contributed by atoms with Gasteiger partial charge in [0.25, 0.3) is 0 Å². The third-order valence-corrected chi connectivity index (χ3v) is 2.75. The van der Waals surface area contributed by atoms with Crippen molar-refractivity contribution in [1.29, 1.82) is 0 Å². The second-order valence-corrected chi connectivity index (χ2v) is 5.43. The van der Waals surface area contributed by atoms with Crippen LogP contribution >= 0.6 is 11.8 Å². The molecule has 0 saturated heterocycles. The van der Waals surface area contributed by atoms with Gasteiger partial charge in [-0.25, -0.2) is 0 Å². The Bertz CT molecular complexity index is 355. The first-order valence-electron chi connectivity index (χ1n) is 4.93. The number of carbonyl (C=O) groups is 1. The Kier molecular flexibility index (Phi) is 3.91. The van der Waals surface area contributed by atoms with Crippen LogP contribution in [-0.2, 0) is 5.41 Å². The van der Waals surface area contributed by atoms with E-state index in [9.17, 15) is 4.79 Å². The van der Waals surface area contributed by atoms with E-state index < -0.39 is 0 Å². The molecule has 82 valence electrons. The molecule has 1 aromatic rings. The largest absolute Gasteiger partial charge is 0.293 e. The number of nitrogens with zero attached hydrogens (tertiary/aromatic N) is 1. The number of hydrogen-bond acceptors (Lipinski definition) is 3. The molecule has 0 aliphatic rings. The number of ketones is 1. The van der Waals surface area contributed by atoms with Crippen molar-refractivity contribution in [1.82, 2.24) is 4.98 Å². The van der Waals surface area contributed by atoms with E-state index in [2.05, 4.69) is 25.8 Å². The summed E-state index contributed by atoms with van der Waals surface area (Å²) in [5.41, 5.74) is 1.87. The van der Waals surface area contributed by atoms with Crippen molar-refractivity contribution in [2.75, 3.05) is 12.0 Å². The molecule has 0 unspecified atom stereocenters. The molecule has 0 atom stereocenters. The lowest BCUT2D eigenvalue weighted by Crippen LogP contribution is -2.13. The van der Waals surface area contributed by atoms with E-state index in [1.807, 2.05) is 18.5 Å². The maximum atomic E-state index is 11.7. The van der Waals surface area contributed by atoms with Crippen LogP contribution in [0.1, 0.15) is 36.7 Å². The summed E-state index contributed by atoms with van der Waals surface area (Å²) in [6, 6.07) is 1.95. The maximum Gasteiger partial charge on any atom is 0.174 e. The van der Waals surface area contributed by atoms with Crippen LogP contribution in [-0.4, -0.2) is 22.8 Å². The minimum absolute atomic E-state index is 0.0443. The minimum atomic E-state index is 0.0443. The lowest BCUT2D eigenvalue weighted by atomic mass is 9.87. The van der Waals surface area contributed by atoms with Crippen molar-refractivity contribution in [2.45, 2.75) is 26.2 Å². The molecule has 1 aromatic heterocycles. The molecule has 1 heterocycles. The van der Waals surface area contributed by atoms with Crippen molar-refractivity contribution < 1.29 is 4.79 Å². The molecular weight excluding hydrogens is 206 g/mol. The normalized spacial score (nSPS) is 11.5. The van der Waals surface area contributed by atoms with E-state index in [1.165, 1.54) is 0 Å². The van der Waals surface area contributed by atoms with E-state index in [4.69, 9.17) is 0 Å². The highest BCUT2D eigenvalue weighted by atomic mass is 32.2. The summed E-state index contributed by atoms with van der Waals surface area (Å²) in [5.74, 6) is 0.677. The quantitative estimate of drug-likeness (QED) is 0.738. The highest BCUT2D eigenvalue weighted by Gasteiger charge is 2.15. The molecule has 0 saturated carbocycles. The number of thioether (sulfide) groups is 1. The van der Waals surface area contributed by atoms with Crippen LogP contribution in [0.3, 0.4) is 0 Å². The third-order valence-electron chi connectivity index (χ3n) is 2.20. The summed E-state index contributed by atoms with van der Waals surface area (Å²) in [7, 11) is 0. The molecule has 15 heavy (non-hydrogen) atoms. The van der Waals surface area contributed by atoms with Gasteiger partial charge in [-0.05, 0) is 23.3 Å². The molecule has 0 bridgehead atoms. The zero-order chi connectivity index (χ0) is 11.5. The average molecular weight is 223 g/mol. The molecule has 0 aromatic carbocycles. The van der Waals surface area contributed by atoms with Crippen LogP contribution < -0.4 is 0 Å². The molecule has 0 fully saturated rings. The highest BCUT2D eigenvalue weighted by Crippen LogP contribution is 2.22. The van der Waals surface area contributed by atoms with Gasteiger partial charge in [0.05, 0.1) is 5.75 Å². The predicted octanol–water partition coefficient (Wildman–Crippen LogP) is 2.92. The Hall–Kier alpha value is -0.830. The van der Waals surface area contributed by atoms with Crippen molar-refractivity contribution in [3.63, 3.8) is 0 Å². The van der Waals surface area contributed by atoms with Gasteiger partial charge < -0.3 is 0 Å². The SMILES string of the molecule is CSCC(=O)c1cncc(C(C)(C)C)c1.